The Morgan fingerprint density at radius 3 is 2.94 bits per heavy atom. The average molecular weight is 235 g/mol. The maximum absolute atomic E-state index is 11.7. The fourth-order valence-electron chi connectivity index (χ4n) is 2.67. The van der Waals surface area contributed by atoms with Crippen molar-refractivity contribution in [1.29, 1.82) is 0 Å². The van der Waals surface area contributed by atoms with Crippen LogP contribution < -0.4 is 0 Å². The van der Waals surface area contributed by atoms with Crippen molar-refractivity contribution in [3.63, 3.8) is 0 Å². The zero-order valence-electron chi connectivity index (χ0n) is 8.94. The third-order valence-corrected chi connectivity index (χ3v) is 4.47. The quantitative estimate of drug-likeness (QED) is 0.697. The minimum Gasteiger partial charge on any atom is -0.329 e. The molecule has 1 unspecified atom stereocenters. The first-order valence-electron chi connectivity index (χ1n) is 5.67. The molecular weight excluding hydrogens is 222 g/mol. The molecule has 1 atom stereocenters. The van der Waals surface area contributed by atoms with E-state index in [0.29, 0.717) is 13.0 Å². The number of carbonyl (C=O) groups excluding carboxylic acids is 2. The third-order valence-electron chi connectivity index (χ3n) is 3.48. The summed E-state index contributed by atoms with van der Waals surface area (Å²) < 4.78 is 0. The summed E-state index contributed by atoms with van der Waals surface area (Å²) in [6.07, 6.45) is 3.65. The molecule has 1 fully saturated rings. The predicted octanol–water partition coefficient (Wildman–Crippen LogP) is 1.93. The van der Waals surface area contributed by atoms with E-state index >= 15 is 0 Å². The van der Waals surface area contributed by atoms with E-state index in [2.05, 4.69) is 11.4 Å². The first-order chi connectivity index (χ1) is 7.77. The van der Waals surface area contributed by atoms with Gasteiger partial charge in [0, 0.05) is 17.8 Å². The molecule has 0 spiro atoms. The minimum atomic E-state index is -0.274. The van der Waals surface area contributed by atoms with Crippen LogP contribution in [-0.2, 0) is 16.0 Å². The number of fused-ring (bicyclic) bond motifs is 1. The molecule has 3 nitrogen and oxygen atoms in total. The van der Waals surface area contributed by atoms with E-state index in [4.69, 9.17) is 0 Å². The maximum Gasteiger partial charge on any atom is 0.290 e. The highest BCUT2D eigenvalue weighted by Crippen LogP contribution is 2.38. The zero-order valence-corrected chi connectivity index (χ0v) is 9.76. The lowest BCUT2D eigenvalue weighted by Crippen LogP contribution is -2.33. The number of nitrogens with zero attached hydrogens (tertiary/aromatic N) is 1. The van der Waals surface area contributed by atoms with Gasteiger partial charge in [-0.1, -0.05) is 0 Å². The molecule has 0 bridgehead atoms. The van der Waals surface area contributed by atoms with Crippen molar-refractivity contribution in [3.05, 3.63) is 21.9 Å². The molecule has 16 heavy (non-hydrogen) atoms. The van der Waals surface area contributed by atoms with Crippen LogP contribution in [0, 0.1) is 0 Å². The monoisotopic (exact) mass is 235 g/mol. The summed E-state index contributed by atoms with van der Waals surface area (Å²) in [5.74, 6) is -0.494. The van der Waals surface area contributed by atoms with Gasteiger partial charge < -0.3 is 4.90 Å². The molecule has 0 N–H and O–H groups in total. The van der Waals surface area contributed by atoms with E-state index in [1.807, 2.05) is 0 Å². The second-order valence-corrected chi connectivity index (χ2v) is 5.38. The number of ketones is 1. The van der Waals surface area contributed by atoms with Crippen molar-refractivity contribution in [2.75, 3.05) is 6.54 Å². The largest absolute Gasteiger partial charge is 0.329 e. The summed E-state index contributed by atoms with van der Waals surface area (Å²) in [6.45, 7) is 0.609. The fourth-order valence-corrected chi connectivity index (χ4v) is 3.66. The van der Waals surface area contributed by atoms with Crippen LogP contribution in [0.1, 0.15) is 35.7 Å². The molecule has 0 radical (unpaired) electrons. The van der Waals surface area contributed by atoms with Crippen LogP contribution in [0.5, 0.6) is 0 Å². The Morgan fingerprint density at radius 2 is 2.19 bits per heavy atom. The Bertz CT molecular complexity index is 452. The number of Topliss-reactive ketones (excluding diaryl/α,β-unsaturated/α-hetero) is 1. The van der Waals surface area contributed by atoms with Crippen LogP contribution in [-0.4, -0.2) is 23.1 Å². The van der Waals surface area contributed by atoms with E-state index in [0.717, 1.165) is 19.3 Å². The molecular formula is C12H13NO2S. The summed E-state index contributed by atoms with van der Waals surface area (Å²) >= 11 is 1.77. The van der Waals surface area contributed by atoms with Crippen LogP contribution >= 0.6 is 11.3 Å². The molecule has 2 aliphatic rings. The Kier molecular flexibility index (Phi) is 2.32. The maximum atomic E-state index is 11.7. The van der Waals surface area contributed by atoms with E-state index in [9.17, 15) is 9.59 Å². The van der Waals surface area contributed by atoms with Gasteiger partial charge in [-0.2, -0.15) is 0 Å². The Hall–Kier alpha value is -1.16. The van der Waals surface area contributed by atoms with Gasteiger partial charge in [-0.25, -0.2) is 0 Å². The first-order valence-corrected chi connectivity index (χ1v) is 6.55. The number of hydrogen-bond acceptors (Lipinski definition) is 3. The number of rotatable bonds is 1. The number of amides is 1. The number of hydrogen-bond donors (Lipinski definition) is 0. The zero-order chi connectivity index (χ0) is 11.1. The molecule has 1 aromatic rings. The molecule has 1 amide bonds. The van der Waals surface area contributed by atoms with Gasteiger partial charge in [0.15, 0.2) is 0 Å². The molecule has 1 aliphatic carbocycles. The summed E-state index contributed by atoms with van der Waals surface area (Å²) in [4.78, 5) is 26.2. The Morgan fingerprint density at radius 1 is 1.31 bits per heavy atom. The summed E-state index contributed by atoms with van der Waals surface area (Å²) in [6, 6.07) is 2.27. The number of likely N-dealkylation sites (tertiary alicyclic amines) is 1. The highest BCUT2D eigenvalue weighted by Gasteiger charge is 2.37. The van der Waals surface area contributed by atoms with Crippen molar-refractivity contribution in [3.8, 4) is 0 Å². The van der Waals surface area contributed by atoms with Gasteiger partial charge in [0.25, 0.3) is 5.91 Å². The van der Waals surface area contributed by atoms with Crippen molar-refractivity contribution in [2.45, 2.75) is 31.7 Å². The van der Waals surface area contributed by atoms with Crippen molar-refractivity contribution in [1.82, 2.24) is 4.90 Å². The lowest BCUT2D eigenvalue weighted by atomic mass is 9.93. The fraction of sp³-hybridized carbons (Fsp3) is 0.500. The lowest BCUT2D eigenvalue weighted by molar-refractivity contribution is -0.141. The second kappa shape index (κ2) is 3.70. The molecule has 0 aromatic carbocycles. The van der Waals surface area contributed by atoms with Crippen LogP contribution in [0.25, 0.3) is 0 Å². The molecule has 1 aliphatic heterocycles. The summed E-state index contributed by atoms with van der Waals surface area (Å²) in [7, 11) is 0. The summed E-state index contributed by atoms with van der Waals surface area (Å²) in [5, 5.41) is 2.09. The highest BCUT2D eigenvalue weighted by molar-refractivity contribution is 7.10. The molecule has 84 valence electrons. The van der Waals surface area contributed by atoms with Crippen molar-refractivity contribution < 1.29 is 9.59 Å². The number of thiophene rings is 1. The van der Waals surface area contributed by atoms with Gasteiger partial charge in [-0.05, 0) is 36.3 Å². The Labute approximate surface area is 98.1 Å². The van der Waals surface area contributed by atoms with Gasteiger partial charge in [0.05, 0.1) is 6.04 Å². The third kappa shape index (κ3) is 1.40. The summed E-state index contributed by atoms with van der Waals surface area (Å²) in [5.41, 5.74) is 1.28. The molecule has 0 saturated carbocycles. The molecule has 2 heterocycles. The van der Waals surface area contributed by atoms with E-state index in [-0.39, 0.29) is 17.7 Å². The van der Waals surface area contributed by atoms with Gasteiger partial charge in [0.1, 0.15) is 0 Å². The van der Waals surface area contributed by atoms with Crippen LogP contribution in [0.3, 0.4) is 0 Å². The average Bonchev–Trinajstić information content (AvgIpc) is 2.87. The van der Waals surface area contributed by atoms with Crippen LogP contribution in [0.15, 0.2) is 11.4 Å². The van der Waals surface area contributed by atoms with Crippen molar-refractivity contribution in [2.24, 2.45) is 0 Å². The van der Waals surface area contributed by atoms with Crippen molar-refractivity contribution >= 4 is 23.0 Å². The lowest BCUT2D eigenvalue weighted by Gasteiger charge is -2.30. The SMILES string of the molecule is O=C1CCN(C2CCCc3sccc32)C1=O. The van der Waals surface area contributed by atoms with E-state index in [1.54, 1.807) is 16.2 Å². The van der Waals surface area contributed by atoms with E-state index < -0.39 is 0 Å². The molecule has 1 aromatic heterocycles. The van der Waals surface area contributed by atoms with Gasteiger partial charge in [-0.3, -0.25) is 9.59 Å². The van der Waals surface area contributed by atoms with Gasteiger partial charge in [-0.15, -0.1) is 11.3 Å². The standard InChI is InChI=1S/C12H13NO2S/c14-10-4-6-13(12(10)15)9-2-1-3-11-8(9)5-7-16-11/h5,7,9H,1-4,6H2. The molecule has 4 heteroatoms. The van der Waals surface area contributed by atoms with E-state index in [1.165, 1.54) is 10.4 Å². The molecule has 3 rings (SSSR count). The topological polar surface area (TPSA) is 37.4 Å². The minimum absolute atomic E-state index is 0.161. The highest BCUT2D eigenvalue weighted by atomic mass is 32.1. The molecule has 1 saturated heterocycles. The number of aryl methyl sites for hydroxylation is 1. The number of carbonyl (C=O) groups is 2. The van der Waals surface area contributed by atoms with Gasteiger partial charge in [0.2, 0.25) is 5.78 Å². The van der Waals surface area contributed by atoms with Crippen LogP contribution in [0.4, 0.5) is 0 Å². The smallest absolute Gasteiger partial charge is 0.290 e. The second-order valence-electron chi connectivity index (χ2n) is 4.38. The normalized spacial score (nSPS) is 25.0. The first kappa shape index (κ1) is 10.0. The van der Waals surface area contributed by atoms with Gasteiger partial charge >= 0.3 is 0 Å². The van der Waals surface area contributed by atoms with Crippen LogP contribution in [0.2, 0.25) is 0 Å². The predicted molar refractivity (Wildman–Crippen MR) is 61.3 cm³/mol. The Balaban J connectivity index is 1.93.